The molecule has 0 aliphatic carbocycles. The van der Waals surface area contributed by atoms with Crippen molar-refractivity contribution in [1.29, 1.82) is 0 Å². The molecule has 18 heavy (non-hydrogen) atoms. The van der Waals surface area contributed by atoms with Crippen molar-refractivity contribution in [2.45, 2.75) is 26.7 Å². The summed E-state index contributed by atoms with van der Waals surface area (Å²) in [5, 5.41) is 0. The third-order valence-electron chi connectivity index (χ3n) is 2.34. The summed E-state index contributed by atoms with van der Waals surface area (Å²) < 4.78 is 10.4. The molecule has 0 bridgehead atoms. The van der Waals surface area contributed by atoms with Crippen LogP contribution in [0, 0.1) is 0 Å². The number of carbonyl (C=O) groups is 1. The van der Waals surface area contributed by atoms with Gasteiger partial charge in [-0.3, -0.25) is 4.79 Å². The molecule has 0 spiro atoms. The summed E-state index contributed by atoms with van der Waals surface area (Å²) in [4.78, 5) is 11.3. The number of hydrogen-bond donors (Lipinski definition) is 0. The summed E-state index contributed by atoms with van der Waals surface area (Å²) in [6, 6.07) is 9.92. The average molecular weight is 248 g/mol. The zero-order valence-corrected chi connectivity index (χ0v) is 11.0. The van der Waals surface area contributed by atoms with Gasteiger partial charge in [0.15, 0.2) is 0 Å². The second-order valence-corrected chi connectivity index (χ2v) is 3.76. The van der Waals surface area contributed by atoms with E-state index in [1.807, 2.05) is 43.3 Å². The fraction of sp³-hybridized carbons (Fsp3) is 0.400. The van der Waals surface area contributed by atoms with Crippen molar-refractivity contribution in [3.63, 3.8) is 0 Å². The van der Waals surface area contributed by atoms with E-state index in [2.05, 4.69) is 0 Å². The van der Waals surface area contributed by atoms with Crippen LogP contribution in [0.1, 0.15) is 32.3 Å². The van der Waals surface area contributed by atoms with E-state index in [1.165, 1.54) is 0 Å². The van der Waals surface area contributed by atoms with Gasteiger partial charge in [0.05, 0.1) is 25.4 Å². The van der Waals surface area contributed by atoms with E-state index in [1.54, 1.807) is 6.92 Å². The molecule has 0 aliphatic heterocycles. The quantitative estimate of drug-likeness (QED) is 0.548. The molecule has 0 atom stereocenters. The van der Waals surface area contributed by atoms with Gasteiger partial charge in [-0.1, -0.05) is 30.3 Å². The number of rotatable bonds is 7. The maximum Gasteiger partial charge on any atom is 0.306 e. The Bertz CT molecular complexity index is 382. The zero-order chi connectivity index (χ0) is 13.2. The molecule has 0 saturated carbocycles. The van der Waals surface area contributed by atoms with Crippen molar-refractivity contribution in [2.24, 2.45) is 0 Å². The highest BCUT2D eigenvalue weighted by Crippen LogP contribution is 2.13. The molecular formula is C15H20O3. The van der Waals surface area contributed by atoms with Crippen molar-refractivity contribution in [3.8, 4) is 0 Å². The normalized spacial score (nSPS) is 11.1. The highest BCUT2D eigenvalue weighted by molar-refractivity contribution is 5.69. The molecule has 98 valence electrons. The summed E-state index contributed by atoms with van der Waals surface area (Å²) in [6.07, 6.45) is 2.89. The van der Waals surface area contributed by atoms with Crippen molar-refractivity contribution in [3.05, 3.63) is 41.7 Å². The molecule has 0 radical (unpaired) electrons. The Morgan fingerprint density at radius 2 is 1.72 bits per heavy atom. The Labute approximate surface area is 108 Å². The standard InChI is InChI=1S/C15H20O3/c1-3-17-14(10-11-15(16)18-4-2)12-13-8-6-5-7-9-13/h5-9,12H,3-4,10-11H2,1-2H3/b14-12-. The molecule has 1 aromatic rings. The van der Waals surface area contributed by atoms with Gasteiger partial charge in [0.1, 0.15) is 0 Å². The molecule has 0 aromatic heterocycles. The summed E-state index contributed by atoms with van der Waals surface area (Å²) in [5.41, 5.74) is 1.07. The number of allylic oxidation sites excluding steroid dienone is 1. The van der Waals surface area contributed by atoms with Gasteiger partial charge in [-0.15, -0.1) is 0 Å². The minimum Gasteiger partial charge on any atom is -0.498 e. The first-order valence-corrected chi connectivity index (χ1v) is 6.30. The molecular weight excluding hydrogens is 228 g/mol. The van der Waals surface area contributed by atoms with Crippen molar-refractivity contribution < 1.29 is 14.3 Å². The Morgan fingerprint density at radius 3 is 2.33 bits per heavy atom. The summed E-state index contributed by atoms with van der Waals surface area (Å²) in [7, 11) is 0. The minimum absolute atomic E-state index is 0.184. The van der Waals surface area contributed by atoms with Crippen LogP contribution in [-0.4, -0.2) is 19.2 Å². The van der Waals surface area contributed by atoms with Crippen molar-refractivity contribution in [2.75, 3.05) is 13.2 Å². The first kappa shape index (κ1) is 14.3. The highest BCUT2D eigenvalue weighted by Gasteiger charge is 2.05. The molecule has 1 rings (SSSR count). The van der Waals surface area contributed by atoms with Gasteiger partial charge >= 0.3 is 5.97 Å². The first-order chi connectivity index (χ1) is 8.76. The molecule has 1 aromatic carbocycles. The van der Waals surface area contributed by atoms with Crippen LogP contribution in [-0.2, 0) is 14.3 Å². The van der Waals surface area contributed by atoms with Crippen LogP contribution in [0.2, 0.25) is 0 Å². The fourth-order valence-electron chi connectivity index (χ4n) is 1.56. The van der Waals surface area contributed by atoms with E-state index in [0.717, 1.165) is 11.3 Å². The molecule has 0 aliphatic rings. The Balaban J connectivity index is 2.59. The maximum absolute atomic E-state index is 11.3. The lowest BCUT2D eigenvalue weighted by molar-refractivity contribution is -0.143. The fourth-order valence-corrected chi connectivity index (χ4v) is 1.56. The summed E-state index contributed by atoms with van der Waals surface area (Å²) in [6.45, 7) is 4.76. The average Bonchev–Trinajstić information content (AvgIpc) is 2.38. The van der Waals surface area contributed by atoms with E-state index < -0.39 is 0 Å². The predicted octanol–water partition coefficient (Wildman–Crippen LogP) is 3.41. The van der Waals surface area contributed by atoms with Crippen LogP contribution >= 0.6 is 0 Å². The number of esters is 1. The number of carbonyl (C=O) groups excluding carboxylic acids is 1. The minimum atomic E-state index is -0.184. The van der Waals surface area contributed by atoms with E-state index in [-0.39, 0.29) is 5.97 Å². The topological polar surface area (TPSA) is 35.5 Å². The van der Waals surface area contributed by atoms with Gasteiger partial charge in [-0.05, 0) is 25.5 Å². The van der Waals surface area contributed by atoms with E-state index in [0.29, 0.717) is 26.1 Å². The van der Waals surface area contributed by atoms with Gasteiger partial charge in [-0.2, -0.15) is 0 Å². The number of ether oxygens (including phenoxy) is 2. The monoisotopic (exact) mass is 248 g/mol. The second-order valence-electron chi connectivity index (χ2n) is 3.76. The lowest BCUT2D eigenvalue weighted by atomic mass is 10.1. The van der Waals surface area contributed by atoms with Crippen LogP contribution < -0.4 is 0 Å². The Hall–Kier alpha value is -1.77. The van der Waals surface area contributed by atoms with Crippen LogP contribution in [0.4, 0.5) is 0 Å². The molecule has 0 amide bonds. The second kappa shape index (κ2) is 8.34. The number of hydrogen-bond acceptors (Lipinski definition) is 3. The van der Waals surface area contributed by atoms with Crippen molar-refractivity contribution in [1.82, 2.24) is 0 Å². The van der Waals surface area contributed by atoms with Gasteiger partial charge in [-0.25, -0.2) is 0 Å². The van der Waals surface area contributed by atoms with Gasteiger partial charge in [0, 0.05) is 6.42 Å². The van der Waals surface area contributed by atoms with Crippen LogP contribution in [0.25, 0.3) is 6.08 Å². The van der Waals surface area contributed by atoms with Gasteiger partial charge < -0.3 is 9.47 Å². The SMILES string of the molecule is CCOC(=O)CC/C(=C/c1ccccc1)OCC. The molecule has 0 N–H and O–H groups in total. The van der Waals surface area contributed by atoms with Crippen LogP contribution in [0.15, 0.2) is 36.1 Å². The summed E-state index contributed by atoms with van der Waals surface area (Å²) in [5.74, 6) is 0.632. The molecule has 0 unspecified atom stereocenters. The van der Waals surface area contributed by atoms with Gasteiger partial charge in [0.2, 0.25) is 0 Å². The molecule has 0 heterocycles. The van der Waals surface area contributed by atoms with Crippen LogP contribution in [0.3, 0.4) is 0 Å². The predicted molar refractivity (Wildman–Crippen MR) is 71.9 cm³/mol. The third kappa shape index (κ3) is 5.53. The molecule has 3 heteroatoms. The Morgan fingerprint density at radius 1 is 1.06 bits per heavy atom. The van der Waals surface area contributed by atoms with Gasteiger partial charge in [0.25, 0.3) is 0 Å². The number of benzene rings is 1. The zero-order valence-electron chi connectivity index (χ0n) is 11.0. The lowest BCUT2D eigenvalue weighted by Gasteiger charge is -2.08. The molecule has 3 nitrogen and oxygen atoms in total. The molecule has 0 fully saturated rings. The van der Waals surface area contributed by atoms with E-state index >= 15 is 0 Å². The third-order valence-corrected chi connectivity index (χ3v) is 2.34. The van der Waals surface area contributed by atoms with Crippen LogP contribution in [0.5, 0.6) is 0 Å². The first-order valence-electron chi connectivity index (χ1n) is 6.30. The van der Waals surface area contributed by atoms with E-state index in [4.69, 9.17) is 9.47 Å². The van der Waals surface area contributed by atoms with Crippen molar-refractivity contribution >= 4 is 12.0 Å². The van der Waals surface area contributed by atoms with E-state index in [9.17, 15) is 4.79 Å². The molecule has 0 saturated heterocycles. The lowest BCUT2D eigenvalue weighted by Crippen LogP contribution is -2.05. The summed E-state index contributed by atoms with van der Waals surface area (Å²) >= 11 is 0. The maximum atomic E-state index is 11.3. The highest BCUT2D eigenvalue weighted by atomic mass is 16.5. The smallest absolute Gasteiger partial charge is 0.306 e. The largest absolute Gasteiger partial charge is 0.498 e. The Kier molecular flexibility index (Phi) is 6.62.